The minimum absolute atomic E-state index is 0.0185. The van der Waals surface area contributed by atoms with Crippen molar-refractivity contribution >= 4 is 21.4 Å². The van der Waals surface area contributed by atoms with E-state index in [1.54, 1.807) is 31.2 Å². The Morgan fingerprint density at radius 2 is 1.41 bits per heavy atom. The minimum atomic E-state index is -3.36. The van der Waals surface area contributed by atoms with Gasteiger partial charge in [-0.3, -0.25) is 9.59 Å². The van der Waals surface area contributed by atoms with Crippen molar-refractivity contribution in [3.05, 3.63) is 114 Å². The molecular weight excluding hydrogens is 451 g/mol. The molecule has 0 N–H and O–H groups in total. The molecule has 0 amide bonds. The van der Waals surface area contributed by atoms with Crippen molar-refractivity contribution in [3.8, 4) is 22.3 Å². The minimum Gasteiger partial charge on any atom is -0.285 e. The van der Waals surface area contributed by atoms with Crippen LogP contribution in [-0.4, -0.2) is 26.2 Å². The van der Waals surface area contributed by atoms with Gasteiger partial charge in [0, 0.05) is 22.9 Å². The first-order chi connectivity index (χ1) is 16.2. The van der Waals surface area contributed by atoms with Gasteiger partial charge in [0.15, 0.2) is 9.84 Å². The van der Waals surface area contributed by atoms with Gasteiger partial charge >= 0.3 is 0 Å². The highest BCUT2D eigenvalue weighted by molar-refractivity contribution is 7.90. The van der Waals surface area contributed by atoms with Crippen LogP contribution in [0, 0.1) is 12.7 Å². The molecular formula is C28H21FO4S. The molecule has 6 heteroatoms. The van der Waals surface area contributed by atoms with Crippen LogP contribution in [0.5, 0.6) is 0 Å². The predicted molar refractivity (Wildman–Crippen MR) is 130 cm³/mol. The highest BCUT2D eigenvalue weighted by Crippen LogP contribution is 2.36. The maximum absolute atomic E-state index is 14.0. The predicted octanol–water partition coefficient (Wildman–Crippen LogP) is 5.94. The lowest BCUT2D eigenvalue weighted by molar-refractivity contribution is 0.0817. The first-order valence-electron chi connectivity index (χ1n) is 10.5. The monoisotopic (exact) mass is 472 g/mol. The molecule has 0 aliphatic heterocycles. The smallest absolute Gasteiger partial charge is 0.234 e. The Kier molecular flexibility index (Phi) is 6.26. The van der Waals surface area contributed by atoms with Crippen LogP contribution in [0.2, 0.25) is 0 Å². The number of sulfone groups is 1. The molecule has 0 bridgehead atoms. The SMILES string of the molecule is Cc1ccc(C(=O)C(=O)c2cccc(-c3ccc(S(C)(=O)=O)cc3)c2-c2ccccc2)cc1F. The Morgan fingerprint density at radius 3 is 2.03 bits per heavy atom. The molecule has 0 atom stereocenters. The summed E-state index contributed by atoms with van der Waals surface area (Å²) in [7, 11) is -3.36. The number of carbonyl (C=O) groups excluding carboxylic acids is 2. The molecule has 0 heterocycles. The summed E-state index contributed by atoms with van der Waals surface area (Å²) in [5, 5.41) is 0. The van der Waals surface area contributed by atoms with E-state index in [1.807, 2.05) is 36.4 Å². The Hall–Kier alpha value is -3.90. The molecule has 4 aromatic rings. The summed E-state index contributed by atoms with van der Waals surface area (Å²) in [6, 6.07) is 24.5. The van der Waals surface area contributed by atoms with Gasteiger partial charge in [-0.2, -0.15) is 0 Å². The molecule has 0 spiro atoms. The van der Waals surface area contributed by atoms with Crippen molar-refractivity contribution < 1.29 is 22.4 Å². The van der Waals surface area contributed by atoms with Crippen LogP contribution in [0.1, 0.15) is 26.3 Å². The zero-order chi connectivity index (χ0) is 24.5. The molecule has 0 aromatic heterocycles. The number of benzene rings is 4. The number of aryl methyl sites for hydroxylation is 1. The van der Waals surface area contributed by atoms with E-state index < -0.39 is 27.2 Å². The van der Waals surface area contributed by atoms with Gasteiger partial charge in [0.05, 0.1) is 4.90 Å². The number of hydrogen-bond donors (Lipinski definition) is 0. The van der Waals surface area contributed by atoms with E-state index in [0.29, 0.717) is 22.3 Å². The van der Waals surface area contributed by atoms with Gasteiger partial charge in [0.25, 0.3) is 0 Å². The van der Waals surface area contributed by atoms with Crippen LogP contribution in [-0.2, 0) is 9.84 Å². The first-order valence-corrected chi connectivity index (χ1v) is 12.4. The van der Waals surface area contributed by atoms with Crippen LogP contribution in [0.25, 0.3) is 22.3 Å². The van der Waals surface area contributed by atoms with E-state index >= 15 is 0 Å². The second-order valence-electron chi connectivity index (χ2n) is 8.01. The Balaban J connectivity index is 1.88. The largest absolute Gasteiger partial charge is 0.285 e. The summed E-state index contributed by atoms with van der Waals surface area (Å²) < 4.78 is 37.8. The van der Waals surface area contributed by atoms with Crippen molar-refractivity contribution in [2.45, 2.75) is 11.8 Å². The van der Waals surface area contributed by atoms with Gasteiger partial charge in [0.1, 0.15) is 5.82 Å². The number of ketones is 2. The number of rotatable bonds is 6. The number of hydrogen-bond acceptors (Lipinski definition) is 4. The molecule has 0 saturated carbocycles. The normalized spacial score (nSPS) is 11.3. The van der Waals surface area contributed by atoms with Crippen molar-refractivity contribution in [1.82, 2.24) is 0 Å². The maximum atomic E-state index is 14.0. The molecule has 170 valence electrons. The van der Waals surface area contributed by atoms with Crippen molar-refractivity contribution in [3.63, 3.8) is 0 Å². The van der Waals surface area contributed by atoms with Gasteiger partial charge in [-0.05, 0) is 47.4 Å². The quantitative estimate of drug-likeness (QED) is 0.257. The van der Waals surface area contributed by atoms with Gasteiger partial charge in [-0.1, -0.05) is 72.8 Å². The number of halogens is 1. The number of carbonyl (C=O) groups is 2. The van der Waals surface area contributed by atoms with Crippen molar-refractivity contribution in [1.29, 1.82) is 0 Å². The molecule has 0 aliphatic rings. The molecule has 4 aromatic carbocycles. The van der Waals surface area contributed by atoms with Gasteiger partial charge in [-0.15, -0.1) is 0 Å². The zero-order valence-corrected chi connectivity index (χ0v) is 19.4. The average molecular weight is 473 g/mol. The second-order valence-corrected chi connectivity index (χ2v) is 10.0. The summed E-state index contributed by atoms with van der Waals surface area (Å²) in [5.74, 6) is -2.11. The lowest BCUT2D eigenvalue weighted by Crippen LogP contribution is -2.16. The Bertz CT molecular complexity index is 1510. The van der Waals surface area contributed by atoms with E-state index in [9.17, 15) is 22.4 Å². The van der Waals surface area contributed by atoms with Crippen LogP contribution >= 0.6 is 0 Å². The van der Waals surface area contributed by atoms with E-state index in [0.717, 1.165) is 17.9 Å². The zero-order valence-electron chi connectivity index (χ0n) is 18.6. The van der Waals surface area contributed by atoms with Crippen molar-refractivity contribution in [2.24, 2.45) is 0 Å². The summed E-state index contributed by atoms with van der Waals surface area (Å²) >= 11 is 0. The van der Waals surface area contributed by atoms with Gasteiger partial charge < -0.3 is 0 Å². The molecule has 0 unspecified atom stereocenters. The highest BCUT2D eigenvalue weighted by atomic mass is 32.2. The van der Waals surface area contributed by atoms with Crippen LogP contribution in [0.4, 0.5) is 4.39 Å². The Morgan fingerprint density at radius 1 is 0.735 bits per heavy atom. The summed E-state index contributed by atoms with van der Waals surface area (Å²) in [6.45, 7) is 1.58. The lowest BCUT2D eigenvalue weighted by atomic mass is 9.87. The lowest BCUT2D eigenvalue weighted by Gasteiger charge is -2.15. The molecule has 0 fully saturated rings. The fourth-order valence-corrected chi connectivity index (χ4v) is 4.40. The third-order valence-electron chi connectivity index (χ3n) is 5.61. The van der Waals surface area contributed by atoms with Gasteiger partial charge in [-0.25, -0.2) is 12.8 Å². The molecule has 0 saturated heterocycles. The van der Waals surface area contributed by atoms with E-state index in [1.165, 1.54) is 24.3 Å². The van der Waals surface area contributed by atoms with E-state index in [2.05, 4.69) is 0 Å². The molecule has 4 nitrogen and oxygen atoms in total. The van der Waals surface area contributed by atoms with Crippen LogP contribution in [0.3, 0.4) is 0 Å². The molecule has 4 rings (SSSR count). The highest BCUT2D eigenvalue weighted by Gasteiger charge is 2.24. The van der Waals surface area contributed by atoms with E-state index in [4.69, 9.17) is 0 Å². The fraction of sp³-hybridized carbons (Fsp3) is 0.0714. The van der Waals surface area contributed by atoms with Gasteiger partial charge in [0.2, 0.25) is 11.6 Å². The third kappa shape index (κ3) is 4.58. The Labute approximate surface area is 197 Å². The topological polar surface area (TPSA) is 68.3 Å². The van der Waals surface area contributed by atoms with Crippen molar-refractivity contribution in [2.75, 3.05) is 6.26 Å². The number of Topliss-reactive ketones (excluding diaryl/α,β-unsaturated/α-hetero) is 2. The average Bonchev–Trinajstić information content (AvgIpc) is 2.84. The summed E-state index contributed by atoms with van der Waals surface area (Å²) in [4.78, 5) is 26.5. The molecule has 34 heavy (non-hydrogen) atoms. The molecule has 0 aliphatic carbocycles. The summed E-state index contributed by atoms with van der Waals surface area (Å²) in [5.41, 5.74) is 3.16. The maximum Gasteiger partial charge on any atom is 0.234 e. The second kappa shape index (κ2) is 9.15. The van der Waals surface area contributed by atoms with Crippen LogP contribution < -0.4 is 0 Å². The standard InChI is InChI=1S/C28H21FO4S/c1-18-11-12-21(17-25(18)29)27(30)28(31)24-10-6-9-23(26(24)20-7-4-3-5-8-20)19-13-15-22(16-14-19)34(2,32)33/h3-17H,1-2H3. The molecule has 0 radical (unpaired) electrons. The van der Waals surface area contributed by atoms with E-state index in [-0.39, 0.29) is 16.0 Å². The summed E-state index contributed by atoms with van der Waals surface area (Å²) in [6.07, 6.45) is 1.14. The first kappa shape index (κ1) is 23.3. The van der Waals surface area contributed by atoms with Crippen LogP contribution in [0.15, 0.2) is 95.9 Å². The third-order valence-corrected chi connectivity index (χ3v) is 6.73. The fourth-order valence-electron chi connectivity index (χ4n) is 3.77.